The summed E-state index contributed by atoms with van der Waals surface area (Å²) in [5, 5.41) is 17.2. The lowest BCUT2D eigenvalue weighted by Crippen LogP contribution is -2.48. The molecular formula is C29H36N4O3. The number of β-amino-alcohol motifs (C(OH)–C–C–N with tert-alkyl or cyclic N) is 1. The maximum Gasteiger partial charge on any atom is 0.231 e. The van der Waals surface area contributed by atoms with Gasteiger partial charge in [0.05, 0.1) is 18.9 Å². The van der Waals surface area contributed by atoms with E-state index >= 15 is 0 Å². The van der Waals surface area contributed by atoms with E-state index in [-0.39, 0.29) is 17.2 Å². The number of hydrogen-bond donors (Lipinski definition) is 2. The summed E-state index contributed by atoms with van der Waals surface area (Å²) in [6, 6.07) is 16.3. The van der Waals surface area contributed by atoms with Crippen LogP contribution in [-0.2, 0) is 11.2 Å². The number of aromatic amines is 1. The summed E-state index contributed by atoms with van der Waals surface area (Å²) >= 11 is 0. The van der Waals surface area contributed by atoms with Gasteiger partial charge in [0.2, 0.25) is 5.91 Å². The molecular weight excluding hydrogens is 452 g/mol. The molecule has 0 aliphatic carbocycles. The highest BCUT2D eigenvalue weighted by atomic mass is 16.5. The van der Waals surface area contributed by atoms with Crippen molar-refractivity contribution in [1.82, 2.24) is 15.1 Å². The summed E-state index contributed by atoms with van der Waals surface area (Å²) in [4.78, 5) is 18.3. The predicted molar refractivity (Wildman–Crippen MR) is 141 cm³/mol. The van der Waals surface area contributed by atoms with Crippen molar-refractivity contribution in [2.75, 3.05) is 38.2 Å². The lowest BCUT2D eigenvalue weighted by atomic mass is 9.68. The van der Waals surface area contributed by atoms with Gasteiger partial charge in [0, 0.05) is 41.9 Å². The highest BCUT2D eigenvalue weighted by molar-refractivity contribution is 5.98. The van der Waals surface area contributed by atoms with Crippen molar-refractivity contribution in [2.24, 2.45) is 11.3 Å². The zero-order valence-electron chi connectivity index (χ0n) is 21.4. The van der Waals surface area contributed by atoms with Crippen LogP contribution in [-0.4, -0.2) is 65.0 Å². The molecule has 3 heterocycles. The summed E-state index contributed by atoms with van der Waals surface area (Å²) < 4.78 is 5.44. The summed E-state index contributed by atoms with van der Waals surface area (Å²) in [5.41, 5.74) is 3.35. The first-order chi connectivity index (χ1) is 17.3. The number of aromatic nitrogens is 2. The minimum absolute atomic E-state index is 0.0950. The van der Waals surface area contributed by atoms with Crippen LogP contribution >= 0.6 is 0 Å². The fraction of sp³-hybridized carbons (Fsp3) is 0.448. The van der Waals surface area contributed by atoms with E-state index < -0.39 is 5.60 Å². The molecule has 7 heteroatoms. The molecule has 1 amide bonds. The van der Waals surface area contributed by atoms with Gasteiger partial charge in [-0.05, 0) is 81.6 Å². The molecule has 2 aliphatic heterocycles. The second kappa shape index (κ2) is 9.71. The number of hydrogen-bond acceptors (Lipinski definition) is 5. The second-order valence-electron chi connectivity index (χ2n) is 11.0. The number of nitrogens with zero attached hydrogens (tertiary/aromatic N) is 3. The molecule has 1 spiro atoms. The number of anilines is 1. The van der Waals surface area contributed by atoms with Crippen LogP contribution in [0.15, 0.2) is 60.9 Å². The van der Waals surface area contributed by atoms with Gasteiger partial charge < -0.3 is 19.6 Å². The molecule has 2 saturated heterocycles. The Morgan fingerprint density at radius 2 is 1.89 bits per heavy atom. The van der Waals surface area contributed by atoms with Gasteiger partial charge in [-0.25, -0.2) is 0 Å². The molecule has 0 bridgehead atoms. The number of carbonyl (C=O) groups is 1. The van der Waals surface area contributed by atoms with Crippen molar-refractivity contribution in [3.63, 3.8) is 0 Å². The lowest BCUT2D eigenvalue weighted by Gasteiger charge is -2.43. The molecule has 2 aromatic carbocycles. The van der Waals surface area contributed by atoms with Crippen LogP contribution in [0.3, 0.4) is 0 Å². The predicted octanol–water partition coefficient (Wildman–Crippen LogP) is 4.14. The monoisotopic (exact) mass is 488 g/mol. The number of amides is 1. The Morgan fingerprint density at radius 3 is 2.53 bits per heavy atom. The third-order valence-corrected chi connectivity index (χ3v) is 7.82. The minimum atomic E-state index is -0.723. The van der Waals surface area contributed by atoms with E-state index in [0.29, 0.717) is 13.0 Å². The average Bonchev–Trinajstić information content (AvgIpc) is 3.49. The van der Waals surface area contributed by atoms with E-state index in [2.05, 4.69) is 33.3 Å². The van der Waals surface area contributed by atoms with E-state index in [1.807, 2.05) is 55.3 Å². The van der Waals surface area contributed by atoms with Crippen molar-refractivity contribution in [1.29, 1.82) is 0 Å². The number of ether oxygens (including phenoxy) is 1. The van der Waals surface area contributed by atoms with Gasteiger partial charge in [-0.1, -0.05) is 24.3 Å². The van der Waals surface area contributed by atoms with E-state index in [0.717, 1.165) is 60.6 Å². The number of likely N-dealkylation sites (tertiary alicyclic amines) is 1. The molecule has 2 fully saturated rings. The van der Waals surface area contributed by atoms with Gasteiger partial charge in [-0.2, -0.15) is 5.10 Å². The van der Waals surface area contributed by atoms with Crippen molar-refractivity contribution in [3.05, 3.63) is 66.5 Å². The van der Waals surface area contributed by atoms with Crippen LogP contribution in [0, 0.1) is 11.3 Å². The Bertz CT molecular complexity index is 1180. The van der Waals surface area contributed by atoms with Crippen molar-refractivity contribution in [2.45, 2.75) is 38.7 Å². The molecule has 1 unspecified atom stereocenters. The van der Waals surface area contributed by atoms with Crippen LogP contribution in [0.2, 0.25) is 0 Å². The van der Waals surface area contributed by atoms with Crippen LogP contribution < -0.4 is 9.64 Å². The topological polar surface area (TPSA) is 81.7 Å². The Labute approximate surface area is 213 Å². The summed E-state index contributed by atoms with van der Waals surface area (Å²) in [6.07, 6.45) is 6.25. The van der Waals surface area contributed by atoms with Crippen LogP contribution in [0.25, 0.3) is 11.1 Å². The van der Waals surface area contributed by atoms with E-state index in [1.165, 1.54) is 0 Å². The standard InChI is InChI=1S/C29H36N4O3/c1-28(2,35)19-32-13-11-29(12-14-32)20-33(24-9-7-22(8-10-24)23-17-30-31-18-23)27(34)26(29)16-21-5-4-6-25(15-21)36-3/h4-10,15,17-18,26,35H,11-14,16,19-20H2,1-3H3,(H,30,31). The second-order valence-corrected chi connectivity index (χ2v) is 11.0. The summed E-state index contributed by atoms with van der Waals surface area (Å²) in [7, 11) is 1.68. The van der Waals surface area contributed by atoms with Crippen LogP contribution in [0.5, 0.6) is 5.75 Å². The Kier molecular flexibility index (Phi) is 6.62. The molecule has 3 aromatic rings. The van der Waals surface area contributed by atoms with Crippen molar-refractivity contribution in [3.8, 4) is 16.9 Å². The number of nitrogens with one attached hydrogen (secondary N) is 1. The molecule has 2 N–H and O–H groups in total. The summed E-state index contributed by atoms with van der Waals surface area (Å²) in [6.45, 7) is 6.87. The van der Waals surface area contributed by atoms with Gasteiger partial charge in [0.1, 0.15) is 5.75 Å². The van der Waals surface area contributed by atoms with Gasteiger partial charge in [0.25, 0.3) is 0 Å². The zero-order chi connectivity index (χ0) is 25.3. The van der Waals surface area contributed by atoms with Gasteiger partial charge in [-0.15, -0.1) is 0 Å². The lowest BCUT2D eigenvalue weighted by molar-refractivity contribution is -0.123. The normalized spacial score (nSPS) is 20.3. The molecule has 0 saturated carbocycles. The molecule has 1 atom stereocenters. The fourth-order valence-corrected chi connectivity index (χ4v) is 5.96. The van der Waals surface area contributed by atoms with E-state index in [1.54, 1.807) is 13.3 Å². The number of methoxy groups -OCH3 is 1. The molecule has 1 aromatic heterocycles. The van der Waals surface area contributed by atoms with Crippen molar-refractivity contribution >= 4 is 11.6 Å². The number of piperidine rings is 1. The zero-order valence-corrected chi connectivity index (χ0v) is 21.4. The van der Waals surface area contributed by atoms with Gasteiger partial charge >= 0.3 is 0 Å². The largest absolute Gasteiger partial charge is 0.497 e. The molecule has 2 aliphatic rings. The number of benzene rings is 2. The van der Waals surface area contributed by atoms with E-state index in [4.69, 9.17) is 4.74 Å². The summed E-state index contributed by atoms with van der Waals surface area (Å²) in [5.74, 6) is 0.922. The average molecular weight is 489 g/mol. The SMILES string of the molecule is COc1cccc(CC2C(=O)N(c3ccc(-c4cn[nH]c4)cc3)CC23CCN(CC(C)(C)O)CC3)c1. The van der Waals surface area contributed by atoms with E-state index in [9.17, 15) is 9.90 Å². The maximum atomic E-state index is 14.0. The van der Waals surface area contributed by atoms with Gasteiger partial charge in [0.15, 0.2) is 0 Å². The first-order valence-corrected chi connectivity index (χ1v) is 12.7. The first kappa shape index (κ1) is 24.5. The fourth-order valence-electron chi connectivity index (χ4n) is 5.96. The van der Waals surface area contributed by atoms with Crippen LogP contribution in [0.4, 0.5) is 5.69 Å². The molecule has 5 rings (SSSR count). The number of H-pyrrole nitrogens is 1. The van der Waals surface area contributed by atoms with Gasteiger partial charge in [-0.3, -0.25) is 9.89 Å². The first-order valence-electron chi connectivity index (χ1n) is 12.7. The highest BCUT2D eigenvalue weighted by Gasteiger charge is 2.53. The number of aliphatic hydroxyl groups is 1. The maximum absolute atomic E-state index is 14.0. The minimum Gasteiger partial charge on any atom is -0.497 e. The Hall–Kier alpha value is -3.16. The molecule has 0 radical (unpaired) electrons. The Balaban J connectivity index is 1.41. The third kappa shape index (κ3) is 5.04. The van der Waals surface area contributed by atoms with Crippen molar-refractivity contribution < 1.29 is 14.6 Å². The number of carbonyl (C=O) groups excluding carboxylic acids is 1. The number of rotatable bonds is 7. The highest BCUT2D eigenvalue weighted by Crippen LogP contribution is 2.48. The molecule has 7 nitrogen and oxygen atoms in total. The molecule has 36 heavy (non-hydrogen) atoms. The van der Waals surface area contributed by atoms with Crippen LogP contribution in [0.1, 0.15) is 32.3 Å². The smallest absolute Gasteiger partial charge is 0.231 e. The Morgan fingerprint density at radius 1 is 1.14 bits per heavy atom. The molecule has 190 valence electrons. The quantitative estimate of drug-likeness (QED) is 0.522. The third-order valence-electron chi connectivity index (χ3n) is 7.82.